The second-order valence-corrected chi connectivity index (χ2v) is 4.67. The number of ketones is 1. The molecule has 0 unspecified atom stereocenters. The van der Waals surface area contributed by atoms with Crippen LogP contribution in [0, 0.1) is 0 Å². The standard InChI is InChI=1S/C17H19NO/c1-3-14-9-11-16(12-10-14)18(2)13-17(19)15-7-5-4-6-8-15/h4-12H,3,13H2,1-2H3. The minimum absolute atomic E-state index is 0.141. The fourth-order valence-corrected chi connectivity index (χ4v) is 2.01. The molecular weight excluding hydrogens is 234 g/mol. The lowest BCUT2D eigenvalue weighted by molar-refractivity contribution is 0.100. The van der Waals surface area contributed by atoms with E-state index in [4.69, 9.17) is 0 Å². The van der Waals surface area contributed by atoms with E-state index in [1.54, 1.807) is 0 Å². The van der Waals surface area contributed by atoms with Crippen LogP contribution in [0.2, 0.25) is 0 Å². The molecule has 98 valence electrons. The summed E-state index contributed by atoms with van der Waals surface area (Å²) < 4.78 is 0. The fourth-order valence-electron chi connectivity index (χ4n) is 2.01. The number of carbonyl (C=O) groups excluding carboxylic acids is 1. The van der Waals surface area contributed by atoms with Gasteiger partial charge in [0.05, 0.1) is 6.54 Å². The zero-order valence-electron chi connectivity index (χ0n) is 11.5. The highest BCUT2D eigenvalue weighted by atomic mass is 16.1. The zero-order chi connectivity index (χ0) is 13.7. The summed E-state index contributed by atoms with van der Waals surface area (Å²) >= 11 is 0. The van der Waals surface area contributed by atoms with Crippen molar-refractivity contribution in [2.75, 3.05) is 18.5 Å². The Hall–Kier alpha value is -2.09. The molecule has 0 aliphatic heterocycles. The Morgan fingerprint density at radius 1 is 1.00 bits per heavy atom. The van der Waals surface area contributed by atoms with Crippen LogP contribution in [-0.4, -0.2) is 19.4 Å². The van der Waals surface area contributed by atoms with Gasteiger partial charge in [-0.05, 0) is 24.1 Å². The molecule has 0 saturated carbocycles. The highest BCUT2D eigenvalue weighted by Gasteiger charge is 2.09. The molecule has 19 heavy (non-hydrogen) atoms. The molecule has 0 fully saturated rings. The van der Waals surface area contributed by atoms with Crippen molar-refractivity contribution in [3.8, 4) is 0 Å². The number of aryl methyl sites for hydroxylation is 1. The number of carbonyl (C=O) groups is 1. The topological polar surface area (TPSA) is 20.3 Å². The molecule has 2 aromatic carbocycles. The molecule has 2 rings (SSSR count). The lowest BCUT2D eigenvalue weighted by Crippen LogP contribution is -2.25. The van der Waals surface area contributed by atoms with Crippen LogP contribution in [0.1, 0.15) is 22.8 Å². The van der Waals surface area contributed by atoms with Crippen molar-refractivity contribution in [1.82, 2.24) is 0 Å². The third-order valence-corrected chi connectivity index (χ3v) is 3.26. The first kappa shape index (κ1) is 13.3. The van der Waals surface area contributed by atoms with Gasteiger partial charge in [0.25, 0.3) is 0 Å². The third-order valence-electron chi connectivity index (χ3n) is 3.26. The summed E-state index contributed by atoms with van der Waals surface area (Å²) in [5.74, 6) is 0.141. The molecule has 2 aromatic rings. The van der Waals surface area contributed by atoms with Crippen molar-refractivity contribution in [2.45, 2.75) is 13.3 Å². The largest absolute Gasteiger partial charge is 0.367 e. The van der Waals surface area contributed by atoms with E-state index in [1.165, 1.54) is 5.56 Å². The summed E-state index contributed by atoms with van der Waals surface area (Å²) in [7, 11) is 1.95. The van der Waals surface area contributed by atoms with E-state index < -0.39 is 0 Å². The second kappa shape index (κ2) is 6.19. The van der Waals surface area contributed by atoms with Crippen LogP contribution in [0.3, 0.4) is 0 Å². The highest BCUT2D eigenvalue weighted by Crippen LogP contribution is 2.14. The van der Waals surface area contributed by atoms with Gasteiger partial charge in [-0.1, -0.05) is 49.4 Å². The van der Waals surface area contributed by atoms with Crippen LogP contribution in [0.15, 0.2) is 54.6 Å². The van der Waals surface area contributed by atoms with E-state index in [2.05, 4.69) is 31.2 Å². The van der Waals surface area contributed by atoms with E-state index in [1.807, 2.05) is 42.3 Å². The average molecular weight is 253 g/mol. The van der Waals surface area contributed by atoms with Crippen LogP contribution >= 0.6 is 0 Å². The molecule has 0 bridgehead atoms. The Balaban J connectivity index is 2.04. The maximum atomic E-state index is 12.1. The number of rotatable bonds is 5. The molecule has 0 N–H and O–H groups in total. The van der Waals surface area contributed by atoms with Gasteiger partial charge in [-0.3, -0.25) is 4.79 Å². The van der Waals surface area contributed by atoms with E-state index >= 15 is 0 Å². The molecule has 0 aromatic heterocycles. The van der Waals surface area contributed by atoms with E-state index in [0.29, 0.717) is 6.54 Å². The summed E-state index contributed by atoms with van der Waals surface area (Å²) in [5, 5.41) is 0. The molecule has 0 amide bonds. The van der Waals surface area contributed by atoms with E-state index in [0.717, 1.165) is 17.7 Å². The molecule has 0 radical (unpaired) electrons. The first-order valence-electron chi connectivity index (χ1n) is 6.59. The molecule has 0 atom stereocenters. The Kier molecular flexibility index (Phi) is 4.35. The van der Waals surface area contributed by atoms with Crippen molar-refractivity contribution in [2.24, 2.45) is 0 Å². The smallest absolute Gasteiger partial charge is 0.182 e. The van der Waals surface area contributed by atoms with Crippen molar-refractivity contribution in [3.05, 3.63) is 65.7 Å². The summed E-state index contributed by atoms with van der Waals surface area (Å²) in [6, 6.07) is 17.8. The lowest BCUT2D eigenvalue weighted by Gasteiger charge is -2.18. The second-order valence-electron chi connectivity index (χ2n) is 4.67. The predicted molar refractivity (Wildman–Crippen MR) is 79.9 cm³/mol. The van der Waals surface area contributed by atoms with Crippen LogP contribution in [0.4, 0.5) is 5.69 Å². The molecule has 0 aliphatic rings. The molecule has 2 heteroatoms. The van der Waals surface area contributed by atoms with Crippen LogP contribution < -0.4 is 4.90 Å². The molecule has 0 spiro atoms. The Morgan fingerprint density at radius 2 is 1.63 bits per heavy atom. The summed E-state index contributed by atoms with van der Waals surface area (Å²) in [5.41, 5.74) is 3.15. The Labute approximate surface area is 114 Å². The summed E-state index contributed by atoms with van der Waals surface area (Å²) in [6.07, 6.45) is 1.03. The summed E-state index contributed by atoms with van der Waals surface area (Å²) in [6.45, 7) is 2.53. The Bertz CT molecular complexity index is 531. The van der Waals surface area contributed by atoms with Gasteiger partial charge in [0.2, 0.25) is 0 Å². The van der Waals surface area contributed by atoms with E-state index in [9.17, 15) is 4.79 Å². The third kappa shape index (κ3) is 3.44. The van der Waals surface area contributed by atoms with Gasteiger partial charge in [-0.2, -0.15) is 0 Å². The minimum atomic E-state index is 0.141. The number of anilines is 1. The number of hydrogen-bond acceptors (Lipinski definition) is 2. The Morgan fingerprint density at radius 3 is 2.21 bits per heavy atom. The minimum Gasteiger partial charge on any atom is -0.367 e. The van der Waals surface area contributed by atoms with Crippen molar-refractivity contribution in [3.63, 3.8) is 0 Å². The van der Waals surface area contributed by atoms with Crippen molar-refractivity contribution < 1.29 is 4.79 Å². The summed E-state index contributed by atoms with van der Waals surface area (Å²) in [4.78, 5) is 14.1. The molecule has 0 saturated heterocycles. The van der Waals surface area contributed by atoms with Gasteiger partial charge in [0.15, 0.2) is 5.78 Å². The fraction of sp³-hybridized carbons (Fsp3) is 0.235. The van der Waals surface area contributed by atoms with Crippen LogP contribution in [-0.2, 0) is 6.42 Å². The van der Waals surface area contributed by atoms with Gasteiger partial charge >= 0.3 is 0 Å². The first-order chi connectivity index (χ1) is 9.20. The van der Waals surface area contributed by atoms with E-state index in [-0.39, 0.29) is 5.78 Å². The van der Waals surface area contributed by atoms with Gasteiger partial charge in [-0.25, -0.2) is 0 Å². The average Bonchev–Trinajstić information content (AvgIpc) is 2.48. The maximum Gasteiger partial charge on any atom is 0.182 e. The number of hydrogen-bond donors (Lipinski definition) is 0. The normalized spacial score (nSPS) is 10.2. The predicted octanol–water partition coefficient (Wildman–Crippen LogP) is 3.57. The zero-order valence-corrected chi connectivity index (χ0v) is 11.5. The number of Topliss-reactive ketones (excluding diaryl/α,β-unsaturated/α-hetero) is 1. The number of benzene rings is 2. The first-order valence-corrected chi connectivity index (χ1v) is 6.59. The van der Waals surface area contributed by atoms with Gasteiger partial charge < -0.3 is 4.90 Å². The van der Waals surface area contributed by atoms with Crippen molar-refractivity contribution >= 4 is 11.5 Å². The molecule has 2 nitrogen and oxygen atoms in total. The maximum absolute atomic E-state index is 12.1. The molecule has 0 heterocycles. The number of likely N-dealkylation sites (N-methyl/N-ethyl adjacent to an activating group) is 1. The quantitative estimate of drug-likeness (QED) is 0.759. The van der Waals surface area contributed by atoms with Gasteiger partial charge in [0.1, 0.15) is 0 Å². The molecular formula is C17H19NO. The van der Waals surface area contributed by atoms with Crippen molar-refractivity contribution in [1.29, 1.82) is 0 Å². The highest BCUT2D eigenvalue weighted by molar-refractivity contribution is 5.99. The van der Waals surface area contributed by atoms with Crippen LogP contribution in [0.5, 0.6) is 0 Å². The van der Waals surface area contributed by atoms with Gasteiger partial charge in [-0.15, -0.1) is 0 Å². The monoisotopic (exact) mass is 253 g/mol. The SMILES string of the molecule is CCc1ccc(N(C)CC(=O)c2ccccc2)cc1. The lowest BCUT2D eigenvalue weighted by atomic mass is 10.1. The van der Waals surface area contributed by atoms with Crippen LogP contribution in [0.25, 0.3) is 0 Å². The van der Waals surface area contributed by atoms with Gasteiger partial charge in [0, 0.05) is 18.3 Å². The number of nitrogens with zero attached hydrogens (tertiary/aromatic N) is 1. The molecule has 0 aliphatic carbocycles.